The smallest absolute Gasteiger partial charge is 0.0469 e. The molecule has 2 heteroatoms. The third-order valence-corrected chi connectivity index (χ3v) is 3.30. The quantitative estimate of drug-likeness (QED) is 0.758. The molecule has 18 heavy (non-hydrogen) atoms. The molecule has 0 aromatic heterocycles. The molecule has 1 aromatic rings. The molecular formula is C16H28N2. The second-order valence-electron chi connectivity index (χ2n) is 5.32. The zero-order valence-electron chi connectivity index (χ0n) is 12.3. The highest BCUT2D eigenvalue weighted by molar-refractivity contribution is 5.19. The minimum atomic E-state index is 0.472. The van der Waals surface area contributed by atoms with Gasteiger partial charge in [0.05, 0.1) is 0 Å². The molecule has 0 spiro atoms. The van der Waals surface area contributed by atoms with Gasteiger partial charge in [0.15, 0.2) is 0 Å². The van der Waals surface area contributed by atoms with Gasteiger partial charge in [-0.2, -0.15) is 0 Å². The summed E-state index contributed by atoms with van der Waals surface area (Å²) in [6, 6.07) is 11.8. The van der Waals surface area contributed by atoms with E-state index >= 15 is 0 Å². The molecule has 0 aliphatic carbocycles. The van der Waals surface area contributed by atoms with Crippen LogP contribution in [0.4, 0.5) is 0 Å². The van der Waals surface area contributed by atoms with Crippen molar-refractivity contribution in [1.29, 1.82) is 0 Å². The average Bonchev–Trinajstić information content (AvgIpc) is 2.37. The van der Waals surface area contributed by atoms with Gasteiger partial charge in [-0.1, -0.05) is 57.5 Å². The summed E-state index contributed by atoms with van der Waals surface area (Å²) in [6.45, 7) is 8.83. The Hall–Kier alpha value is -0.860. The fourth-order valence-corrected chi connectivity index (χ4v) is 2.11. The Labute approximate surface area is 112 Å². The predicted molar refractivity (Wildman–Crippen MR) is 79.9 cm³/mol. The molecule has 1 unspecified atom stereocenters. The van der Waals surface area contributed by atoms with Crippen LogP contribution in [0.25, 0.3) is 0 Å². The first-order chi connectivity index (χ1) is 8.65. The maximum absolute atomic E-state index is 3.56. The first kappa shape index (κ1) is 15.2. The van der Waals surface area contributed by atoms with Gasteiger partial charge in [-0.15, -0.1) is 0 Å². The zero-order chi connectivity index (χ0) is 13.4. The fraction of sp³-hybridized carbons (Fsp3) is 0.625. The van der Waals surface area contributed by atoms with E-state index in [9.17, 15) is 0 Å². The van der Waals surface area contributed by atoms with Crippen molar-refractivity contribution in [1.82, 2.24) is 10.2 Å². The highest BCUT2D eigenvalue weighted by Gasteiger charge is 2.16. The van der Waals surface area contributed by atoms with Gasteiger partial charge in [0.2, 0.25) is 0 Å². The van der Waals surface area contributed by atoms with Crippen LogP contribution >= 0.6 is 0 Å². The third kappa shape index (κ3) is 5.19. The van der Waals surface area contributed by atoms with E-state index in [1.807, 2.05) is 0 Å². The van der Waals surface area contributed by atoms with Crippen LogP contribution in [0.2, 0.25) is 0 Å². The number of unbranched alkanes of at least 4 members (excludes halogenated alkanes) is 1. The van der Waals surface area contributed by atoms with Crippen LogP contribution in [-0.4, -0.2) is 31.1 Å². The number of nitrogens with one attached hydrogen (secondary N) is 1. The van der Waals surface area contributed by atoms with Gasteiger partial charge >= 0.3 is 0 Å². The topological polar surface area (TPSA) is 15.3 Å². The summed E-state index contributed by atoms with van der Waals surface area (Å²) in [6.07, 6.45) is 2.52. The van der Waals surface area contributed by atoms with Gasteiger partial charge in [0, 0.05) is 18.6 Å². The van der Waals surface area contributed by atoms with E-state index < -0.39 is 0 Å². The van der Waals surface area contributed by atoms with E-state index in [1.165, 1.54) is 18.4 Å². The number of hydrogen-bond donors (Lipinski definition) is 1. The van der Waals surface area contributed by atoms with Crippen LogP contribution < -0.4 is 5.32 Å². The number of hydrogen-bond acceptors (Lipinski definition) is 2. The lowest BCUT2D eigenvalue weighted by atomic mass is 10.0. The lowest BCUT2D eigenvalue weighted by Crippen LogP contribution is -2.36. The van der Waals surface area contributed by atoms with Crippen LogP contribution in [0.1, 0.15) is 45.2 Å². The highest BCUT2D eigenvalue weighted by atomic mass is 15.1. The number of nitrogens with zero attached hydrogens (tertiary/aromatic N) is 1. The largest absolute Gasteiger partial charge is 0.313 e. The van der Waals surface area contributed by atoms with Crippen molar-refractivity contribution in [3.05, 3.63) is 35.9 Å². The molecule has 0 amide bonds. The van der Waals surface area contributed by atoms with Crippen molar-refractivity contribution in [2.45, 2.75) is 45.7 Å². The summed E-state index contributed by atoms with van der Waals surface area (Å²) in [5.74, 6) is 0. The summed E-state index contributed by atoms with van der Waals surface area (Å²) in [5, 5.41) is 3.56. The van der Waals surface area contributed by atoms with Gasteiger partial charge in [-0.05, 0) is 25.6 Å². The van der Waals surface area contributed by atoms with Gasteiger partial charge in [-0.25, -0.2) is 0 Å². The van der Waals surface area contributed by atoms with Gasteiger partial charge < -0.3 is 5.32 Å². The first-order valence-corrected chi connectivity index (χ1v) is 7.13. The Bertz CT molecular complexity index is 308. The molecule has 0 fully saturated rings. The Morgan fingerprint density at radius 3 is 2.39 bits per heavy atom. The molecule has 0 radical (unpaired) electrons. The normalized spacial score (nSPS) is 13.2. The maximum Gasteiger partial charge on any atom is 0.0469 e. The summed E-state index contributed by atoms with van der Waals surface area (Å²) in [5.41, 5.74) is 1.41. The van der Waals surface area contributed by atoms with Crippen LogP contribution in [0.15, 0.2) is 30.3 Å². The Morgan fingerprint density at radius 1 is 1.17 bits per heavy atom. The number of rotatable bonds is 8. The predicted octanol–water partition coefficient (Wildman–Crippen LogP) is 3.46. The molecule has 1 rings (SSSR count). The molecule has 102 valence electrons. The van der Waals surface area contributed by atoms with Gasteiger partial charge in [0.25, 0.3) is 0 Å². The molecule has 1 aromatic carbocycles. The van der Waals surface area contributed by atoms with Crippen LogP contribution in [-0.2, 0) is 0 Å². The third-order valence-electron chi connectivity index (χ3n) is 3.30. The van der Waals surface area contributed by atoms with Crippen LogP contribution in [0.5, 0.6) is 0 Å². The van der Waals surface area contributed by atoms with E-state index in [4.69, 9.17) is 0 Å². The van der Waals surface area contributed by atoms with E-state index in [0.29, 0.717) is 12.1 Å². The standard InChI is InChI=1S/C16H28N2/c1-5-6-12-18(4)16(13-17-14(2)3)15-10-8-7-9-11-15/h7-11,14,16-17H,5-6,12-13H2,1-4H3. The van der Waals surface area contributed by atoms with Crippen molar-refractivity contribution in [3.8, 4) is 0 Å². The molecule has 0 aliphatic heterocycles. The summed E-state index contributed by atoms with van der Waals surface area (Å²) < 4.78 is 0. The summed E-state index contributed by atoms with van der Waals surface area (Å²) in [4.78, 5) is 2.47. The van der Waals surface area contributed by atoms with Crippen LogP contribution in [0, 0.1) is 0 Å². The SMILES string of the molecule is CCCCN(C)C(CNC(C)C)c1ccccc1. The Balaban J connectivity index is 2.68. The molecule has 1 atom stereocenters. The van der Waals surface area contributed by atoms with E-state index in [2.05, 4.69) is 68.4 Å². The van der Waals surface area contributed by atoms with E-state index in [-0.39, 0.29) is 0 Å². The Kier molecular flexibility index (Phi) is 6.99. The molecule has 0 heterocycles. The van der Waals surface area contributed by atoms with Crippen molar-refractivity contribution < 1.29 is 0 Å². The highest BCUT2D eigenvalue weighted by Crippen LogP contribution is 2.19. The van der Waals surface area contributed by atoms with E-state index in [0.717, 1.165) is 13.1 Å². The van der Waals surface area contributed by atoms with Crippen molar-refractivity contribution in [2.75, 3.05) is 20.1 Å². The molecule has 2 nitrogen and oxygen atoms in total. The second-order valence-corrected chi connectivity index (χ2v) is 5.32. The zero-order valence-corrected chi connectivity index (χ0v) is 12.3. The monoisotopic (exact) mass is 248 g/mol. The van der Waals surface area contributed by atoms with Crippen LogP contribution in [0.3, 0.4) is 0 Å². The molecule has 1 N–H and O–H groups in total. The Morgan fingerprint density at radius 2 is 1.83 bits per heavy atom. The minimum absolute atomic E-state index is 0.472. The minimum Gasteiger partial charge on any atom is -0.313 e. The van der Waals surface area contributed by atoms with Gasteiger partial charge in [0.1, 0.15) is 0 Å². The van der Waals surface area contributed by atoms with Gasteiger partial charge in [-0.3, -0.25) is 4.90 Å². The fourth-order valence-electron chi connectivity index (χ4n) is 2.11. The van der Waals surface area contributed by atoms with Crippen molar-refractivity contribution >= 4 is 0 Å². The molecule has 0 saturated carbocycles. The van der Waals surface area contributed by atoms with Crippen molar-refractivity contribution in [3.63, 3.8) is 0 Å². The number of likely N-dealkylation sites (N-methyl/N-ethyl adjacent to an activating group) is 1. The second kappa shape index (κ2) is 8.28. The summed E-state index contributed by atoms with van der Waals surface area (Å²) >= 11 is 0. The first-order valence-electron chi connectivity index (χ1n) is 7.13. The lowest BCUT2D eigenvalue weighted by molar-refractivity contribution is 0.231. The molecule has 0 saturated heterocycles. The molecule has 0 aliphatic rings. The molecular weight excluding hydrogens is 220 g/mol. The lowest BCUT2D eigenvalue weighted by Gasteiger charge is -2.29. The van der Waals surface area contributed by atoms with Crippen molar-refractivity contribution in [2.24, 2.45) is 0 Å². The molecule has 0 bridgehead atoms. The number of benzene rings is 1. The average molecular weight is 248 g/mol. The summed E-state index contributed by atoms with van der Waals surface area (Å²) in [7, 11) is 2.23. The maximum atomic E-state index is 3.56. The van der Waals surface area contributed by atoms with E-state index in [1.54, 1.807) is 0 Å².